The normalized spacial score (nSPS) is 10.6. The number of nitriles is 1. The topological polar surface area (TPSA) is 126 Å². The number of aromatic carboxylic acids is 1. The van der Waals surface area contributed by atoms with E-state index in [9.17, 15) is 19.6 Å². The smallest absolute Gasteiger partial charge is 0.343 e. The summed E-state index contributed by atoms with van der Waals surface area (Å²) in [6.45, 7) is 0. The Kier molecular flexibility index (Phi) is 7.19. The first-order valence-electron chi connectivity index (χ1n) is 9.62. The molecule has 0 aromatic heterocycles. The Balaban J connectivity index is 1.72. The fourth-order valence-electron chi connectivity index (χ4n) is 2.77. The van der Waals surface area contributed by atoms with Crippen molar-refractivity contribution < 1.29 is 29.0 Å². The van der Waals surface area contributed by atoms with E-state index in [0.29, 0.717) is 22.6 Å². The lowest BCUT2D eigenvalue weighted by Crippen LogP contribution is -2.13. The molecule has 0 heterocycles. The Morgan fingerprint density at radius 3 is 2.21 bits per heavy atom. The summed E-state index contributed by atoms with van der Waals surface area (Å²) in [5, 5.41) is 20.9. The van der Waals surface area contributed by atoms with E-state index >= 15 is 0 Å². The molecule has 0 bridgehead atoms. The van der Waals surface area contributed by atoms with E-state index in [-0.39, 0.29) is 16.9 Å². The molecular weight excluding hydrogens is 424 g/mol. The van der Waals surface area contributed by atoms with Gasteiger partial charge in [-0.05, 0) is 72.3 Å². The number of anilines is 1. The molecule has 0 unspecified atom stereocenters. The second-order valence-corrected chi connectivity index (χ2v) is 6.70. The minimum Gasteiger partial charge on any atom is -0.497 e. The number of nitrogens with one attached hydrogen (secondary N) is 1. The number of amides is 1. The molecule has 0 fully saturated rings. The highest BCUT2D eigenvalue weighted by Gasteiger charge is 2.12. The monoisotopic (exact) mass is 442 g/mol. The first-order chi connectivity index (χ1) is 15.9. The van der Waals surface area contributed by atoms with Gasteiger partial charge in [-0.2, -0.15) is 5.26 Å². The van der Waals surface area contributed by atoms with Gasteiger partial charge < -0.3 is 19.9 Å². The first-order valence-corrected chi connectivity index (χ1v) is 9.62. The summed E-state index contributed by atoms with van der Waals surface area (Å²) >= 11 is 0. The van der Waals surface area contributed by atoms with Gasteiger partial charge in [-0.1, -0.05) is 12.1 Å². The summed E-state index contributed by atoms with van der Waals surface area (Å²) in [6, 6.07) is 20.2. The molecular formula is C25H18N2O6. The number of hydrogen-bond donors (Lipinski definition) is 2. The lowest BCUT2D eigenvalue weighted by atomic mass is 10.1. The number of carboxylic acids is 1. The van der Waals surface area contributed by atoms with Crippen molar-refractivity contribution in [2.45, 2.75) is 0 Å². The number of carbonyl (C=O) groups excluding carboxylic acids is 2. The zero-order valence-electron chi connectivity index (χ0n) is 17.4. The van der Waals surface area contributed by atoms with Crippen LogP contribution in [0.25, 0.3) is 6.08 Å². The maximum absolute atomic E-state index is 12.5. The van der Waals surface area contributed by atoms with Gasteiger partial charge in [-0.25, -0.2) is 9.59 Å². The van der Waals surface area contributed by atoms with E-state index in [0.717, 1.165) is 0 Å². The molecule has 0 saturated carbocycles. The second kappa shape index (κ2) is 10.4. The number of rotatable bonds is 7. The Morgan fingerprint density at radius 2 is 1.61 bits per heavy atom. The molecule has 3 aromatic rings. The molecule has 164 valence electrons. The SMILES string of the molecule is COc1ccc(C(=O)Oc2cccc(/C=C(\C#N)C(=O)Nc3ccc(C(=O)O)cc3)c2)cc1. The Hall–Kier alpha value is -4.90. The van der Waals surface area contributed by atoms with Crippen LogP contribution in [0.2, 0.25) is 0 Å². The van der Waals surface area contributed by atoms with Crippen molar-refractivity contribution in [3.8, 4) is 17.6 Å². The third kappa shape index (κ3) is 6.06. The number of methoxy groups -OCH3 is 1. The van der Waals surface area contributed by atoms with Crippen molar-refractivity contribution in [2.75, 3.05) is 12.4 Å². The van der Waals surface area contributed by atoms with Crippen LogP contribution in [-0.2, 0) is 4.79 Å². The van der Waals surface area contributed by atoms with Crippen molar-refractivity contribution in [3.05, 3.63) is 95.1 Å². The van der Waals surface area contributed by atoms with Crippen molar-refractivity contribution in [1.82, 2.24) is 0 Å². The van der Waals surface area contributed by atoms with E-state index in [1.165, 1.54) is 43.5 Å². The Morgan fingerprint density at radius 1 is 0.939 bits per heavy atom. The Bertz CT molecular complexity index is 1260. The summed E-state index contributed by atoms with van der Waals surface area (Å²) < 4.78 is 10.4. The third-order valence-electron chi connectivity index (χ3n) is 4.46. The molecule has 3 rings (SSSR count). The van der Waals surface area contributed by atoms with Gasteiger partial charge in [0.15, 0.2) is 0 Å². The van der Waals surface area contributed by atoms with Crippen LogP contribution in [-0.4, -0.2) is 30.1 Å². The highest BCUT2D eigenvalue weighted by Crippen LogP contribution is 2.19. The van der Waals surface area contributed by atoms with Crippen LogP contribution in [0.4, 0.5) is 5.69 Å². The summed E-state index contributed by atoms with van der Waals surface area (Å²) in [7, 11) is 1.52. The molecule has 0 spiro atoms. The van der Waals surface area contributed by atoms with Gasteiger partial charge in [-0.3, -0.25) is 4.79 Å². The predicted octanol–water partition coefficient (Wildman–Crippen LogP) is 4.16. The third-order valence-corrected chi connectivity index (χ3v) is 4.46. The lowest BCUT2D eigenvalue weighted by Gasteiger charge is -2.07. The van der Waals surface area contributed by atoms with Crippen LogP contribution in [0.3, 0.4) is 0 Å². The molecule has 8 heteroatoms. The summed E-state index contributed by atoms with van der Waals surface area (Å²) in [4.78, 5) is 35.7. The summed E-state index contributed by atoms with van der Waals surface area (Å²) in [5.74, 6) is -1.47. The fourth-order valence-corrected chi connectivity index (χ4v) is 2.77. The molecule has 33 heavy (non-hydrogen) atoms. The average Bonchev–Trinajstić information content (AvgIpc) is 2.83. The van der Waals surface area contributed by atoms with Crippen LogP contribution in [0, 0.1) is 11.3 Å². The van der Waals surface area contributed by atoms with Gasteiger partial charge in [0.05, 0.1) is 18.2 Å². The molecule has 0 aliphatic carbocycles. The van der Waals surface area contributed by atoms with E-state index in [1.54, 1.807) is 42.5 Å². The number of hydrogen-bond acceptors (Lipinski definition) is 6. The van der Waals surface area contributed by atoms with Crippen molar-refractivity contribution in [2.24, 2.45) is 0 Å². The van der Waals surface area contributed by atoms with Gasteiger partial charge in [0.2, 0.25) is 0 Å². The van der Waals surface area contributed by atoms with Crippen LogP contribution in [0.1, 0.15) is 26.3 Å². The summed E-state index contributed by atoms with van der Waals surface area (Å²) in [6.07, 6.45) is 1.35. The number of benzene rings is 3. The molecule has 0 radical (unpaired) electrons. The molecule has 0 aliphatic rings. The van der Waals surface area contributed by atoms with Crippen molar-refractivity contribution in [3.63, 3.8) is 0 Å². The quantitative estimate of drug-likeness (QED) is 0.244. The standard InChI is InChI=1S/C25H18N2O6/c1-32-21-11-7-18(8-12-21)25(31)33-22-4-2-3-16(14-22)13-19(15-26)23(28)27-20-9-5-17(6-10-20)24(29)30/h2-14H,1H3,(H,27,28)(H,29,30)/b19-13+. The first kappa shape index (κ1) is 22.8. The zero-order valence-corrected chi connectivity index (χ0v) is 17.4. The van der Waals surface area contributed by atoms with Crippen LogP contribution in [0.5, 0.6) is 11.5 Å². The molecule has 3 aromatic carbocycles. The maximum Gasteiger partial charge on any atom is 0.343 e. The highest BCUT2D eigenvalue weighted by atomic mass is 16.5. The van der Waals surface area contributed by atoms with Crippen molar-refractivity contribution >= 4 is 29.6 Å². The van der Waals surface area contributed by atoms with E-state index in [1.807, 2.05) is 6.07 Å². The molecule has 8 nitrogen and oxygen atoms in total. The van der Waals surface area contributed by atoms with Crippen LogP contribution in [0.15, 0.2) is 78.4 Å². The lowest BCUT2D eigenvalue weighted by molar-refractivity contribution is -0.112. The van der Waals surface area contributed by atoms with Gasteiger partial charge in [0.25, 0.3) is 5.91 Å². The zero-order chi connectivity index (χ0) is 23.8. The van der Waals surface area contributed by atoms with E-state index in [2.05, 4.69) is 5.32 Å². The molecule has 2 N–H and O–H groups in total. The largest absolute Gasteiger partial charge is 0.497 e. The number of nitrogens with zero attached hydrogens (tertiary/aromatic N) is 1. The number of carbonyl (C=O) groups is 3. The molecule has 0 aliphatic heterocycles. The predicted molar refractivity (Wildman–Crippen MR) is 120 cm³/mol. The number of carboxylic acid groups (broad SMARTS) is 1. The van der Waals surface area contributed by atoms with Gasteiger partial charge >= 0.3 is 11.9 Å². The number of ether oxygens (including phenoxy) is 2. The molecule has 0 atom stereocenters. The average molecular weight is 442 g/mol. The van der Waals surface area contributed by atoms with E-state index in [4.69, 9.17) is 14.6 Å². The number of esters is 1. The van der Waals surface area contributed by atoms with Crippen molar-refractivity contribution in [1.29, 1.82) is 5.26 Å². The van der Waals surface area contributed by atoms with Gasteiger partial charge in [0.1, 0.15) is 23.1 Å². The van der Waals surface area contributed by atoms with Gasteiger partial charge in [0, 0.05) is 5.69 Å². The van der Waals surface area contributed by atoms with Crippen LogP contribution >= 0.6 is 0 Å². The highest BCUT2D eigenvalue weighted by molar-refractivity contribution is 6.09. The second-order valence-electron chi connectivity index (χ2n) is 6.70. The van der Waals surface area contributed by atoms with Crippen LogP contribution < -0.4 is 14.8 Å². The minimum absolute atomic E-state index is 0.0741. The summed E-state index contributed by atoms with van der Waals surface area (Å²) in [5.41, 5.74) is 1.04. The molecule has 1 amide bonds. The van der Waals surface area contributed by atoms with E-state index < -0.39 is 17.8 Å². The Labute approximate surface area is 189 Å². The maximum atomic E-state index is 12.5. The van der Waals surface area contributed by atoms with Gasteiger partial charge in [-0.15, -0.1) is 0 Å². The minimum atomic E-state index is -1.09. The fraction of sp³-hybridized carbons (Fsp3) is 0.0400. The molecule has 0 saturated heterocycles.